The number of hydrogen-bond donors (Lipinski definition) is 0. The molecular weight excluding hydrogens is 124 g/mol. The van der Waals surface area contributed by atoms with Gasteiger partial charge < -0.3 is 0 Å². The molecule has 2 aliphatic rings. The van der Waals surface area contributed by atoms with Crippen LogP contribution in [0.15, 0.2) is 10.2 Å². The van der Waals surface area contributed by atoms with Crippen molar-refractivity contribution < 1.29 is 0 Å². The Balaban J connectivity index is 1.90. The lowest BCUT2D eigenvalue weighted by molar-refractivity contribution is 0.322. The van der Waals surface area contributed by atoms with E-state index in [1.807, 2.05) is 0 Å². The van der Waals surface area contributed by atoms with Gasteiger partial charge in [0.2, 0.25) is 0 Å². The molecule has 56 valence electrons. The summed E-state index contributed by atoms with van der Waals surface area (Å²) in [6.07, 6.45) is 8.18. The fourth-order valence-electron chi connectivity index (χ4n) is 1.82. The zero-order valence-electron chi connectivity index (χ0n) is 6.29. The van der Waals surface area contributed by atoms with Gasteiger partial charge in [-0.15, -0.1) is 0 Å². The van der Waals surface area contributed by atoms with Crippen molar-refractivity contribution in [2.45, 2.75) is 50.6 Å². The van der Waals surface area contributed by atoms with Crippen LogP contribution in [0.25, 0.3) is 0 Å². The number of nitrogens with zero attached hydrogens (tertiary/aromatic N) is 2. The molecule has 0 aromatic carbocycles. The minimum absolute atomic E-state index is 0.625. The predicted molar refractivity (Wildman–Crippen MR) is 40.1 cm³/mol. The van der Waals surface area contributed by atoms with Crippen molar-refractivity contribution >= 4 is 0 Å². The van der Waals surface area contributed by atoms with E-state index in [1.54, 1.807) is 0 Å². The molecule has 0 bridgehead atoms. The van der Waals surface area contributed by atoms with Gasteiger partial charge >= 0.3 is 0 Å². The molecule has 2 atom stereocenters. The predicted octanol–water partition coefficient (Wildman–Crippen LogP) is 2.54. The maximum atomic E-state index is 4.12. The average Bonchev–Trinajstić information content (AvgIpc) is 1.89. The van der Waals surface area contributed by atoms with Gasteiger partial charge in [0.15, 0.2) is 0 Å². The van der Waals surface area contributed by atoms with E-state index >= 15 is 0 Å². The van der Waals surface area contributed by atoms with Gasteiger partial charge in [0, 0.05) is 0 Å². The Bertz CT molecular complexity index is 126. The summed E-state index contributed by atoms with van der Waals surface area (Å²) in [5.74, 6) is 0. The zero-order chi connectivity index (χ0) is 6.81. The highest BCUT2D eigenvalue weighted by atomic mass is 15.2. The normalized spacial score (nSPS) is 39.2. The summed E-state index contributed by atoms with van der Waals surface area (Å²) in [6, 6.07) is 1.25. The molecule has 2 rings (SSSR count). The average molecular weight is 138 g/mol. The van der Waals surface area contributed by atoms with E-state index in [4.69, 9.17) is 0 Å². The lowest BCUT2D eigenvalue weighted by atomic mass is 9.92. The fraction of sp³-hybridized carbons (Fsp3) is 1.00. The number of rotatable bonds is 0. The van der Waals surface area contributed by atoms with E-state index in [1.165, 1.54) is 38.5 Å². The second-order valence-electron chi connectivity index (χ2n) is 3.36. The highest BCUT2D eigenvalue weighted by molar-refractivity contribution is 4.88. The second-order valence-corrected chi connectivity index (χ2v) is 3.36. The molecule has 2 unspecified atom stereocenters. The second kappa shape index (κ2) is 2.69. The molecule has 2 heteroatoms. The Morgan fingerprint density at radius 3 is 1.60 bits per heavy atom. The molecule has 10 heavy (non-hydrogen) atoms. The molecule has 1 aliphatic carbocycles. The molecule has 0 aromatic rings. The molecule has 0 aromatic heterocycles. The van der Waals surface area contributed by atoms with Gasteiger partial charge in [-0.2, -0.15) is 10.2 Å². The summed E-state index contributed by atoms with van der Waals surface area (Å²) in [5, 5.41) is 8.24. The number of hydrogen-bond acceptors (Lipinski definition) is 2. The molecular formula is C8H14N2. The largest absolute Gasteiger partial charge is 0.188 e. The minimum Gasteiger partial charge on any atom is -0.188 e. The maximum Gasteiger partial charge on any atom is 0.0949 e. The molecule has 0 radical (unpaired) electrons. The van der Waals surface area contributed by atoms with Crippen molar-refractivity contribution in [1.29, 1.82) is 0 Å². The van der Waals surface area contributed by atoms with Gasteiger partial charge in [0.05, 0.1) is 12.1 Å². The summed E-state index contributed by atoms with van der Waals surface area (Å²) in [4.78, 5) is 0. The van der Waals surface area contributed by atoms with Crippen LogP contribution in [-0.4, -0.2) is 12.1 Å². The lowest BCUT2D eigenvalue weighted by Gasteiger charge is -2.28. The SMILES string of the molecule is C1CCCC2N=NC2CC1. The van der Waals surface area contributed by atoms with Crippen molar-refractivity contribution in [3.8, 4) is 0 Å². The van der Waals surface area contributed by atoms with E-state index in [9.17, 15) is 0 Å². The first-order chi connectivity index (χ1) is 4.97. The van der Waals surface area contributed by atoms with Crippen molar-refractivity contribution in [3.63, 3.8) is 0 Å². The topological polar surface area (TPSA) is 24.7 Å². The Kier molecular flexibility index (Phi) is 1.70. The molecule has 2 nitrogen and oxygen atoms in total. The lowest BCUT2D eigenvalue weighted by Crippen LogP contribution is -2.30. The zero-order valence-corrected chi connectivity index (χ0v) is 6.29. The van der Waals surface area contributed by atoms with Crippen molar-refractivity contribution in [1.82, 2.24) is 0 Å². The Labute approximate surface area is 61.7 Å². The summed E-state index contributed by atoms with van der Waals surface area (Å²) >= 11 is 0. The standard InChI is InChI=1S/C8H14N2/c1-2-4-6-8-7(5-3-1)9-10-8/h7-8H,1-6H2. The van der Waals surface area contributed by atoms with Crippen molar-refractivity contribution in [2.24, 2.45) is 10.2 Å². The molecule has 0 spiro atoms. The maximum absolute atomic E-state index is 4.12. The summed E-state index contributed by atoms with van der Waals surface area (Å²) in [6.45, 7) is 0. The van der Waals surface area contributed by atoms with Gasteiger partial charge in [-0.05, 0) is 12.8 Å². The van der Waals surface area contributed by atoms with E-state index in [0.29, 0.717) is 12.1 Å². The molecule has 1 saturated carbocycles. The molecule has 1 fully saturated rings. The van der Waals surface area contributed by atoms with Crippen LogP contribution in [-0.2, 0) is 0 Å². The molecule has 1 aliphatic heterocycles. The van der Waals surface area contributed by atoms with Gasteiger partial charge in [-0.3, -0.25) is 0 Å². The first kappa shape index (κ1) is 6.32. The van der Waals surface area contributed by atoms with Crippen LogP contribution < -0.4 is 0 Å². The first-order valence-corrected chi connectivity index (χ1v) is 4.37. The molecule has 0 N–H and O–H groups in total. The molecule has 0 amide bonds. The summed E-state index contributed by atoms with van der Waals surface area (Å²) in [7, 11) is 0. The van der Waals surface area contributed by atoms with E-state index < -0.39 is 0 Å². The Morgan fingerprint density at radius 1 is 0.700 bits per heavy atom. The third-order valence-corrected chi connectivity index (χ3v) is 2.56. The van der Waals surface area contributed by atoms with E-state index in [2.05, 4.69) is 10.2 Å². The number of fused-ring (bicyclic) bond motifs is 1. The van der Waals surface area contributed by atoms with Crippen LogP contribution in [0, 0.1) is 0 Å². The van der Waals surface area contributed by atoms with Gasteiger partial charge in [-0.25, -0.2) is 0 Å². The van der Waals surface area contributed by atoms with Gasteiger partial charge in [-0.1, -0.05) is 25.7 Å². The third-order valence-electron chi connectivity index (χ3n) is 2.56. The highest BCUT2D eigenvalue weighted by Gasteiger charge is 2.27. The Hall–Kier alpha value is -0.400. The monoisotopic (exact) mass is 138 g/mol. The Morgan fingerprint density at radius 2 is 1.20 bits per heavy atom. The van der Waals surface area contributed by atoms with Crippen LogP contribution in [0.4, 0.5) is 0 Å². The quantitative estimate of drug-likeness (QED) is 0.491. The van der Waals surface area contributed by atoms with E-state index in [-0.39, 0.29) is 0 Å². The van der Waals surface area contributed by atoms with Crippen LogP contribution in [0.3, 0.4) is 0 Å². The molecule has 0 saturated heterocycles. The van der Waals surface area contributed by atoms with Crippen LogP contribution in [0.1, 0.15) is 38.5 Å². The first-order valence-electron chi connectivity index (χ1n) is 4.37. The van der Waals surface area contributed by atoms with Crippen LogP contribution >= 0.6 is 0 Å². The van der Waals surface area contributed by atoms with Crippen molar-refractivity contribution in [2.75, 3.05) is 0 Å². The number of azo groups is 1. The minimum atomic E-state index is 0.625. The van der Waals surface area contributed by atoms with Crippen LogP contribution in [0.2, 0.25) is 0 Å². The molecule has 1 heterocycles. The highest BCUT2D eigenvalue weighted by Crippen LogP contribution is 2.28. The fourth-order valence-corrected chi connectivity index (χ4v) is 1.82. The third kappa shape index (κ3) is 1.07. The van der Waals surface area contributed by atoms with Gasteiger partial charge in [0.25, 0.3) is 0 Å². The smallest absolute Gasteiger partial charge is 0.0949 e. The van der Waals surface area contributed by atoms with Gasteiger partial charge in [0.1, 0.15) is 0 Å². The summed E-state index contributed by atoms with van der Waals surface area (Å²) in [5.41, 5.74) is 0. The summed E-state index contributed by atoms with van der Waals surface area (Å²) < 4.78 is 0. The van der Waals surface area contributed by atoms with E-state index in [0.717, 1.165) is 0 Å². The van der Waals surface area contributed by atoms with Crippen molar-refractivity contribution in [3.05, 3.63) is 0 Å². The van der Waals surface area contributed by atoms with Crippen LogP contribution in [0.5, 0.6) is 0 Å².